The average Bonchev–Trinajstić information content (AvgIpc) is 3.46. The first kappa shape index (κ1) is 27.3. The van der Waals surface area contributed by atoms with Crippen LogP contribution in [0.5, 0.6) is 0 Å². The molecule has 222 valence electrons. The van der Waals surface area contributed by atoms with Gasteiger partial charge in [-0.3, -0.25) is 4.79 Å². The maximum absolute atomic E-state index is 14.5. The molecule has 3 aromatic rings. The van der Waals surface area contributed by atoms with E-state index < -0.39 is 40.7 Å². The smallest absolute Gasteiger partial charge is 0.339 e. The maximum atomic E-state index is 14.5. The molecule has 2 aromatic heterocycles. The summed E-state index contributed by atoms with van der Waals surface area (Å²) in [4.78, 5) is 26.7. The zero-order valence-electron chi connectivity index (χ0n) is 22.4. The predicted molar refractivity (Wildman–Crippen MR) is 136 cm³/mol. The van der Waals surface area contributed by atoms with E-state index in [0.717, 1.165) is 31.7 Å². The quantitative estimate of drug-likeness (QED) is 0.275. The van der Waals surface area contributed by atoms with Crippen LogP contribution in [0.4, 0.5) is 32.0 Å². The summed E-state index contributed by atoms with van der Waals surface area (Å²) in [6.45, 7) is 0.391. The Morgan fingerprint density at radius 2 is 1.62 bits per heavy atom. The number of rotatable bonds is 7. The summed E-state index contributed by atoms with van der Waals surface area (Å²) in [6.07, 6.45) is -0.559. The average molecular weight is 592 g/mol. The summed E-state index contributed by atoms with van der Waals surface area (Å²) >= 11 is 0. The number of carbonyl (C=O) groups excluding carboxylic acids is 1. The molecule has 9 rings (SSSR count). The Labute approximate surface area is 236 Å². The highest BCUT2D eigenvalue weighted by Gasteiger charge is 2.73. The van der Waals surface area contributed by atoms with E-state index in [0.29, 0.717) is 42.6 Å². The Hall–Kier alpha value is -3.51. The Kier molecular flexibility index (Phi) is 5.85. The van der Waals surface area contributed by atoms with Crippen molar-refractivity contribution in [1.29, 1.82) is 0 Å². The number of fused-ring (bicyclic) bond motifs is 3. The number of halogens is 6. The first-order valence-corrected chi connectivity index (χ1v) is 14.0. The third-order valence-electron chi connectivity index (χ3n) is 10.0. The van der Waals surface area contributed by atoms with E-state index in [1.54, 1.807) is 29.2 Å². The van der Waals surface area contributed by atoms with Gasteiger partial charge >= 0.3 is 12.6 Å². The van der Waals surface area contributed by atoms with Crippen molar-refractivity contribution in [3.63, 3.8) is 0 Å². The van der Waals surface area contributed by atoms with Gasteiger partial charge < -0.3 is 9.42 Å². The molecule has 6 fully saturated rings. The zero-order valence-corrected chi connectivity index (χ0v) is 22.4. The summed E-state index contributed by atoms with van der Waals surface area (Å²) in [5, 5.41) is 3.45. The predicted octanol–water partition coefficient (Wildman–Crippen LogP) is 7.00. The van der Waals surface area contributed by atoms with E-state index in [2.05, 4.69) is 20.1 Å². The second-order valence-electron chi connectivity index (χ2n) is 12.7. The number of aromatic nitrogens is 4. The second-order valence-corrected chi connectivity index (χ2v) is 12.7. The van der Waals surface area contributed by atoms with Gasteiger partial charge in [-0.05, 0) is 80.9 Å². The fraction of sp³-hybridized carbons (Fsp3) is 0.552. The Morgan fingerprint density at radius 3 is 2.17 bits per heavy atom. The van der Waals surface area contributed by atoms with E-state index in [-0.39, 0.29) is 36.5 Å². The van der Waals surface area contributed by atoms with Gasteiger partial charge in [0.05, 0.1) is 5.41 Å². The fourth-order valence-electron chi connectivity index (χ4n) is 7.63. The fourth-order valence-corrected chi connectivity index (χ4v) is 7.63. The largest absolute Gasteiger partial charge is 0.451 e. The highest BCUT2D eigenvalue weighted by Crippen LogP contribution is 2.70. The molecule has 0 radical (unpaired) electrons. The molecule has 42 heavy (non-hydrogen) atoms. The molecule has 0 spiro atoms. The van der Waals surface area contributed by atoms with Crippen molar-refractivity contribution in [2.75, 3.05) is 11.4 Å². The number of alkyl halides is 6. The molecule has 4 bridgehead atoms. The second kappa shape index (κ2) is 9.00. The summed E-state index contributed by atoms with van der Waals surface area (Å²) in [7, 11) is 0. The molecule has 0 saturated heterocycles. The lowest BCUT2D eigenvalue weighted by Gasteiger charge is -2.65. The Balaban J connectivity index is 1.16. The molecule has 6 aliphatic rings. The van der Waals surface area contributed by atoms with Crippen molar-refractivity contribution >= 4 is 11.6 Å². The van der Waals surface area contributed by atoms with Crippen LogP contribution in [0.15, 0.2) is 41.2 Å². The van der Waals surface area contributed by atoms with Gasteiger partial charge in [0, 0.05) is 35.6 Å². The number of nitrogens with zero attached hydrogens (tertiary/aromatic N) is 5. The van der Waals surface area contributed by atoms with Crippen molar-refractivity contribution in [2.45, 2.75) is 81.5 Å². The number of hydrogen-bond donors (Lipinski definition) is 0. The minimum atomic E-state index is -4.66. The van der Waals surface area contributed by atoms with Crippen LogP contribution < -0.4 is 4.90 Å². The van der Waals surface area contributed by atoms with Crippen LogP contribution in [0, 0.1) is 10.8 Å². The van der Waals surface area contributed by atoms with E-state index in [4.69, 9.17) is 4.52 Å². The van der Waals surface area contributed by atoms with Crippen LogP contribution in [-0.4, -0.2) is 38.2 Å². The molecule has 6 saturated carbocycles. The van der Waals surface area contributed by atoms with Crippen LogP contribution >= 0.6 is 0 Å². The molecule has 1 amide bonds. The highest BCUT2D eigenvalue weighted by atomic mass is 19.4. The first-order valence-electron chi connectivity index (χ1n) is 14.0. The minimum Gasteiger partial charge on any atom is -0.339 e. The van der Waals surface area contributed by atoms with Crippen molar-refractivity contribution in [1.82, 2.24) is 20.1 Å². The number of carbonyl (C=O) groups is 1. The summed E-state index contributed by atoms with van der Waals surface area (Å²) in [5.41, 5.74) is -1.22. The van der Waals surface area contributed by atoms with E-state index in [1.807, 2.05) is 0 Å². The van der Waals surface area contributed by atoms with Crippen LogP contribution in [0.3, 0.4) is 0 Å². The summed E-state index contributed by atoms with van der Waals surface area (Å²) < 4.78 is 84.8. The number of benzene rings is 1. The van der Waals surface area contributed by atoms with Crippen molar-refractivity contribution in [3.05, 3.63) is 54.2 Å². The monoisotopic (exact) mass is 591 g/mol. The Bertz CT molecular complexity index is 1490. The number of anilines is 1. The first-order chi connectivity index (χ1) is 19.8. The molecule has 13 heteroatoms. The van der Waals surface area contributed by atoms with Crippen LogP contribution in [0.25, 0.3) is 11.1 Å². The van der Waals surface area contributed by atoms with Crippen molar-refractivity contribution in [2.24, 2.45) is 10.8 Å². The molecular formula is C29H27F6N5O2. The normalized spacial score (nSPS) is 31.5. The molecular weight excluding hydrogens is 564 g/mol. The molecule has 0 atom stereocenters. The van der Waals surface area contributed by atoms with Gasteiger partial charge in [-0.1, -0.05) is 17.3 Å². The van der Waals surface area contributed by atoms with Crippen LogP contribution in [-0.2, 0) is 16.4 Å². The molecule has 7 nitrogen and oxygen atoms in total. The molecule has 0 aliphatic heterocycles. The topological polar surface area (TPSA) is 85.0 Å². The summed E-state index contributed by atoms with van der Waals surface area (Å²) in [6, 6.07) is 6.95. The van der Waals surface area contributed by atoms with Gasteiger partial charge in [-0.25, -0.2) is 23.1 Å². The maximum Gasteiger partial charge on any atom is 0.451 e. The van der Waals surface area contributed by atoms with Gasteiger partial charge in [0.15, 0.2) is 0 Å². The van der Waals surface area contributed by atoms with Crippen LogP contribution in [0.2, 0.25) is 0 Å². The molecule has 1 aromatic carbocycles. The standard InChI is InChI=1S/C29H27F6N5O2/c30-20(31)21-38-23(42-39-21)26-7-4-25(5-8-26,6-9-26)16-40(24(41)27-13-28(32,14-27)15-27)19-3-1-2-17(10-19)18-11-36-22(37-12-18)29(33,34)35/h1-3,10-12,20H,4-9,13-16H2. The number of hydrogen-bond acceptors (Lipinski definition) is 6. The molecule has 2 heterocycles. The van der Waals surface area contributed by atoms with Gasteiger partial charge in [-0.2, -0.15) is 18.2 Å². The molecule has 6 aliphatic carbocycles. The minimum absolute atomic E-state index is 0.141. The lowest BCUT2D eigenvalue weighted by atomic mass is 9.41. The lowest BCUT2D eigenvalue weighted by Crippen LogP contribution is -2.71. The van der Waals surface area contributed by atoms with E-state index in [9.17, 15) is 31.1 Å². The van der Waals surface area contributed by atoms with Crippen molar-refractivity contribution in [3.8, 4) is 11.1 Å². The SMILES string of the molecule is O=C(N(CC12CCC(c3nc(C(F)F)no3)(CC1)CC2)c1cccc(-c2cnc(C(F)(F)F)nc2)c1)C12CC(F)(C1)C2. The highest BCUT2D eigenvalue weighted by molar-refractivity contribution is 6.00. The Morgan fingerprint density at radius 1 is 0.976 bits per heavy atom. The van der Waals surface area contributed by atoms with Crippen molar-refractivity contribution < 1.29 is 35.7 Å². The third kappa shape index (κ3) is 4.29. The van der Waals surface area contributed by atoms with E-state index in [1.165, 1.54) is 0 Å². The third-order valence-corrected chi connectivity index (χ3v) is 10.0. The van der Waals surface area contributed by atoms with Gasteiger partial charge in [0.2, 0.25) is 23.4 Å². The zero-order chi connectivity index (χ0) is 29.5. The van der Waals surface area contributed by atoms with E-state index >= 15 is 0 Å². The van der Waals surface area contributed by atoms with Gasteiger partial charge in [0.25, 0.3) is 0 Å². The number of amides is 1. The molecule has 0 unspecified atom stereocenters. The van der Waals surface area contributed by atoms with Gasteiger partial charge in [0.1, 0.15) is 5.67 Å². The van der Waals surface area contributed by atoms with Crippen LogP contribution in [0.1, 0.15) is 81.8 Å². The molecule has 0 N–H and O–H groups in total. The van der Waals surface area contributed by atoms with Gasteiger partial charge in [-0.15, -0.1) is 0 Å². The lowest BCUT2D eigenvalue weighted by molar-refractivity contribution is -0.211. The summed E-state index contributed by atoms with van der Waals surface area (Å²) in [5.74, 6) is -1.74.